The van der Waals surface area contributed by atoms with E-state index in [2.05, 4.69) is 6.58 Å². The van der Waals surface area contributed by atoms with Crippen LogP contribution in [-0.4, -0.2) is 9.96 Å². The third-order valence-corrected chi connectivity index (χ3v) is 3.09. The van der Waals surface area contributed by atoms with Crippen molar-refractivity contribution in [3.8, 4) is 0 Å². The van der Waals surface area contributed by atoms with Gasteiger partial charge in [0.05, 0.1) is 10.8 Å². The first-order chi connectivity index (χ1) is 6.20. The van der Waals surface area contributed by atoms with Gasteiger partial charge in [-0.25, -0.2) is 0 Å². The van der Waals surface area contributed by atoms with Crippen LogP contribution in [0.15, 0.2) is 47.4 Å². The Balaban J connectivity index is 2.54. The maximum Gasteiger partial charge on any atom is 0.0532 e. The summed E-state index contributed by atoms with van der Waals surface area (Å²) in [5.41, 5.74) is 1.09. The van der Waals surface area contributed by atoms with Crippen molar-refractivity contribution in [3.63, 3.8) is 0 Å². The predicted molar refractivity (Wildman–Crippen MR) is 57.1 cm³/mol. The Morgan fingerprint density at radius 1 is 1.38 bits per heavy atom. The van der Waals surface area contributed by atoms with Gasteiger partial charge in [0.15, 0.2) is 0 Å². The van der Waals surface area contributed by atoms with Crippen LogP contribution in [0, 0.1) is 0 Å². The molecule has 0 saturated carbocycles. The summed E-state index contributed by atoms with van der Waals surface area (Å²) in [4.78, 5) is 0.906. The number of hydrogen-bond acceptors (Lipinski definition) is 1. The van der Waals surface area contributed by atoms with Crippen molar-refractivity contribution in [3.05, 3.63) is 42.5 Å². The first-order valence-corrected chi connectivity index (χ1v) is 5.60. The van der Waals surface area contributed by atoms with Crippen LogP contribution in [0.25, 0.3) is 0 Å². The molecule has 0 saturated heterocycles. The summed E-state index contributed by atoms with van der Waals surface area (Å²) < 4.78 is 11.6. The van der Waals surface area contributed by atoms with E-state index < -0.39 is 10.8 Å². The van der Waals surface area contributed by atoms with Gasteiger partial charge in [-0.3, -0.25) is 4.21 Å². The van der Waals surface area contributed by atoms with Crippen molar-refractivity contribution < 1.29 is 4.21 Å². The average molecular weight is 194 g/mol. The molecule has 0 heterocycles. The van der Waals surface area contributed by atoms with Crippen LogP contribution in [0.1, 0.15) is 13.3 Å². The topological polar surface area (TPSA) is 17.1 Å². The first kappa shape index (κ1) is 10.2. The van der Waals surface area contributed by atoms with Crippen LogP contribution in [0.5, 0.6) is 0 Å². The summed E-state index contributed by atoms with van der Waals surface area (Å²) in [6.45, 7) is 5.75. The van der Waals surface area contributed by atoms with Gasteiger partial charge < -0.3 is 0 Å². The monoisotopic (exact) mass is 194 g/mol. The van der Waals surface area contributed by atoms with Crippen molar-refractivity contribution >= 4 is 10.8 Å². The second-order valence-electron chi connectivity index (χ2n) is 3.07. The van der Waals surface area contributed by atoms with E-state index >= 15 is 0 Å². The second-order valence-corrected chi connectivity index (χ2v) is 4.64. The third-order valence-electron chi connectivity index (χ3n) is 1.72. The van der Waals surface area contributed by atoms with Gasteiger partial charge in [-0.1, -0.05) is 23.8 Å². The van der Waals surface area contributed by atoms with Crippen molar-refractivity contribution in [1.29, 1.82) is 0 Å². The molecule has 0 N–H and O–H groups in total. The van der Waals surface area contributed by atoms with Gasteiger partial charge in [-0.05, 0) is 25.5 Å². The third kappa shape index (κ3) is 3.55. The van der Waals surface area contributed by atoms with Crippen LogP contribution < -0.4 is 0 Å². The zero-order valence-corrected chi connectivity index (χ0v) is 8.64. The average Bonchev–Trinajstić information content (AvgIpc) is 2.15. The number of hydrogen-bond donors (Lipinski definition) is 0. The minimum Gasteiger partial charge on any atom is -0.254 e. The van der Waals surface area contributed by atoms with E-state index in [1.807, 2.05) is 37.3 Å². The molecule has 1 unspecified atom stereocenters. The lowest BCUT2D eigenvalue weighted by Crippen LogP contribution is -1.97. The van der Waals surface area contributed by atoms with E-state index in [0.29, 0.717) is 5.75 Å². The molecule has 1 nitrogen and oxygen atoms in total. The normalized spacial score (nSPS) is 12.4. The maximum atomic E-state index is 11.6. The molecule has 13 heavy (non-hydrogen) atoms. The van der Waals surface area contributed by atoms with Crippen LogP contribution in [-0.2, 0) is 10.8 Å². The second kappa shape index (κ2) is 4.97. The molecule has 2 heteroatoms. The van der Waals surface area contributed by atoms with Gasteiger partial charge in [-0.15, -0.1) is 6.58 Å². The van der Waals surface area contributed by atoms with E-state index in [9.17, 15) is 4.21 Å². The Bertz CT molecular complexity index is 303. The summed E-state index contributed by atoms with van der Waals surface area (Å²) in [7, 11) is -0.865. The largest absolute Gasteiger partial charge is 0.254 e. The SMILES string of the molecule is C=C(C)CCS(=O)c1ccccc1. The molecule has 0 spiro atoms. The van der Waals surface area contributed by atoms with Crippen LogP contribution in [0.4, 0.5) is 0 Å². The van der Waals surface area contributed by atoms with Gasteiger partial charge in [0.25, 0.3) is 0 Å². The van der Waals surface area contributed by atoms with Crippen LogP contribution >= 0.6 is 0 Å². The molecule has 0 fully saturated rings. The van der Waals surface area contributed by atoms with Crippen molar-refractivity contribution in [2.75, 3.05) is 5.75 Å². The molecular weight excluding hydrogens is 180 g/mol. The summed E-state index contributed by atoms with van der Waals surface area (Å²) in [6.07, 6.45) is 0.835. The van der Waals surface area contributed by atoms with E-state index in [-0.39, 0.29) is 0 Å². The highest BCUT2D eigenvalue weighted by molar-refractivity contribution is 7.85. The molecule has 1 aromatic rings. The van der Waals surface area contributed by atoms with Crippen LogP contribution in [0.2, 0.25) is 0 Å². The molecule has 1 aromatic carbocycles. The zero-order chi connectivity index (χ0) is 9.68. The molecular formula is C11H14OS. The van der Waals surface area contributed by atoms with Gasteiger partial charge in [-0.2, -0.15) is 0 Å². The quantitative estimate of drug-likeness (QED) is 0.674. The summed E-state index contributed by atoms with van der Waals surface area (Å²) in [5, 5.41) is 0. The Kier molecular flexibility index (Phi) is 3.90. The van der Waals surface area contributed by atoms with Crippen LogP contribution in [0.3, 0.4) is 0 Å². The Morgan fingerprint density at radius 2 is 2.00 bits per heavy atom. The Labute approximate surface area is 81.9 Å². The van der Waals surface area contributed by atoms with Gasteiger partial charge in [0.2, 0.25) is 0 Å². The molecule has 1 atom stereocenters. The Hall–Kier alpha value is -0.890. The van der Waals surface area contributed by atoms with E-state index in [1.165, 1.54) is 0 Å². The first-order valence-electron chi connectivity index (χ1n) is 4.28. The van der Waals surface area contributed by atoms with Crippen molar-refractivity contribution in [2.24, 2.45) is 0 Å². The summed E-state index contributed by atoms with van der Waals surface area (Å²) >= 11 is 0. The lowest BCUT2D eigenvalue weighted by atomic mass is 10.3. The Morgan fingerprint density at radius 3 is 2.54 bits per heavy atom. The summed E-state index contributed by atoms with van der Waals surface area (Å²) in [6, 6.07) is 9.55. The fourth-order valence-corrected chi connectivity index (χ4v) is 2.19. The molecule has 0 aliphatic carbocycles. The summed E-state index contributed by atoms with van der Waals surface area (Å²) in [5.74, 6) is 0.680. The molecule has 70 valence electrons. The van der Waals surface area contributed by atoms with Gasteiger partial charge >= 0.3 is 0 Å². The van der Waals surface area contributed by atoms with Crippen molar-refractivity contribution in [2.45, 2.75) is 18.2 Å². The zero-order valence-electron chi connectivity index (χ0n) is 7.82. The molecule has 1 rings (SSSR count). The highest BCUT2D eigenvalue weighted by atomic mass is 32.2. The minimum atomic E-state index is -0.865. The minimum absolute atomic E-state index is 0.680. The highest BCUT2D eigenvalue weighted by Crippen LogP contribution is 2.08. The van der Waals surface area contributed by atoms with E-state index in [0.717, 1.165) is 16.9 Å². The lowest BCUT2D eigenvalue weighted by molar-refractivity contribution is 0.682. The van der Waals surface area contributed by atoms with Crippen molar-refractivity contribution in [1.82, 2.24) is 0 Å². The number of benzene rings is 1. The molecule has 0 aromatic heterocycles. The van der Waals surface area contributed by atoms with E-state index in [1.54, 1.807) is 0 Å². The predicted octanol–water partition coefficient (Wildman–Crippen LogP) is 2.76. The lowest BCUT2D eigenvalue weighted by Gasteiger charge is -2.00. The molecule has 0 amide bonds. The smallest absolute Gasteiger partial charge is 0.0532 e. The number of rotatable bonds is 4. The standard InChI is InChI=1S/C11H14OS/c1-10(2)8-9-13(12)11-6-4-3-5-7-11/h3-7H,1,8-9H2,2H3. The molecule has 0 bridgehead atoms. The fourth-order valence-electron chi connectivity index (χ4n) is 0.957. The molecule has 0 aliphatic heterocycles. The highest BCUT2D eigenvalue weighted by Gasteiger charge is 2.01. The fraction of sp³-hybridized carbons (Fsp3) is 0.273. The maximum absolute atomic E-state index is 11.6. The molecule has 0 aliphatic rings. The van der Waals surface area contributed by atoms with E-state index in [4.69, 9.17) is 0 Å². The van der Waals surface area contributed by atoms with Gasteiger partial charge in [0, 0.05) is 10.6 Å². The molecule has 0 radical (unpaired) electrons. The number of allylic oxidation sites excluding steroid dienone is 1. The van der Waals surface area contributed by atoms with Gasteiger partial charge in [0.1, 0.15) is 0 Å².